The molecule has 4 nitrogen and oxygen atoms in total. The minimum atomic E-state index is -0.961. The molecule has 2 aromatic rings. The Kier molecular flexibility index (Phi) is 5.33. The summed E-state index contributed by atoms with van der Waals surface area (Å²) in [6.45, 7) is 4.36. The van der Waals surface area contributed by atoms with Gasteiger partial charge in [-0.25, -0.2) is 0 Å². The molecule has 2 N–H and O–H groups in total. The summed E-state index contributed by atoms with van der Waals surface area (Å²) >= 11 is 6.27. The van der Waals surface area contributed by atoms with E-state index < -0.39 is 5.41 Å². The van der Waals surface area contributed by atoms with Crippen molar-refractivity contribution in [2.24, 2.45) is 5.41 Å². The van der Waals surface area contributed by atoms with Gasteiger partial charge < -0.3 is 10.6 Å². The lowest BCUT2D eigenvalue weighted by Crippen LogP contribution is -2.40. The molecule has 2 amide bonds. The van der Waals surface area contributed by atoms with Crippen molar-refractivity contribution in [3.8, 4) is 0 Å². The number of halogens is 1. The highest BCUT2D eigenvalue weighted by Crippen LogP contribution is 2.47. The van der Waals surface area contributed by atoms with Crippen LogP contribution in [0.1, 0.15) is 29.5 Å². The van der Waals surface area contributed by atoms with Gasteiger partial charge in [0, 0.05) is 6.54 Å². The van der Waals surface area contributed by atoms with E-state index in [-0.39, 0.29) is 11.8 Å². The van der Waals surface area contributed by atoms with Crippen LogP contribution in [0.3, 0.4) is 0 Å². The average molecular weight is 371 g/mol. The molecule has 2 aromatic carbocycles. The monoisotopic (exact) mass is 370 g/mol. The number of anilines is 1. The topological polar surface area (TPSA) is 58.2 Å². The van der Waals surface area contributed by atoms with Crippen molar-refractivity contribution in [2.75, 3.05) is 11.9 Å². The van der Waals surface area contributed by atoms with E-state index in [1.54, 1.807) is 0 Å². The van der Waals surface area contributed by atoms with Gasteiger partial charge in [-0.2, -0.15) is 0 Å². The van der Waals surface area contributed by atoms with Crippen LogP contribution in [0.2, 0.25) is 5.02 Å². The van der Waals surface area contributed by atoms with Crippen molar-refractivity contribution in [2.45, 2.75) is 33.1 Å². The van der Waals surface area contributed by atoms with Crippen molar-refractivity contribution in [3.05, 3.63) is 64.2 Å². The standard InChI is InChI=1S/C21H23ClN2O2/c1-14-12-15(2)18(17(22)13-14)24-20(26)21(9-10-21)19(25)23-11-8-16-6-4-3-5-7-16/h3-7,12-13H,8-11H2,1-2H3,(H,23,25)(H,24,26). The summed E-state index contributed by atoms with van der Waals surface area (Å²) in [5.74, 6) is -0.476. The lowest BCUT2D eigenvalue weighted by molar-refractivity contribution is -0.134. The van der Waals surface area contributed by atoms with Crippen LogP contribution < -0.4 is 10.6 Å². The molecular formula is C21H23ClN2O2. The van der Waals surface area contributed by atoms with Crippen LogP contribution in [0.15, 0.2) is 42.5 Å². The molecule has 0 atom stereocenters. The molecule has 1 aliphatic carbocycles. The average Bonchev–Trinajstić information content (AvgIpc) is 3.41. The van der Waals surface area contributed by atoms with E-state index in [4.69, 9.17) is 11.6 Å². The minimum Gasteiger partial charge on any atom is -0.355 e. The zero-order chi connectivity index (χ0) is 18.7. The maximum Gasteiger partial charge on any atom is 0.240 e. The van der Waals surface area contributed by atoms with Crippen molar-refractivity contribution in [1.82, 2.24) is 5.32 Å². The van der Waals surface area contributed by atoms with Gasteiger partial charge >= 0.3 is 0 Å². The van der Waals surface area contributed by atoms with E-state index in [1.165, 1.54) is 0 Å². The number of carbonyl (C=O) groups is 2. The Bertz CT molecular complexity index is 806. The van der Waals surface area contributed by atoms with Crippen LogP contribution in [0.25, 0.3) is 0 Å². The van der Waals surface area contributed by atoms with E-state index >= 15 is 0 Å². The first-order valence-electron chi connectivity index (χ1n) is 8.83. The molecule has 0 radical (unpaired) electrons. The third-order valence-electron chi connectivity index (χ3n) is 4.83. The smallest absolute Gasteiger partial charge is 0.240 e. The van der Waals surface area contributed by atoms with Crippen LogP contribution in [0, 0.1) is 19.3 Å². The van der Waals surface area contributed by atoms with E-state index in [0.29, 0.717) is 30.1 Å². The Morgan fingerprint density at radius 2 is 1.77 bits per heavy atom. The molecule has 0 heterocycles. The Morgan fingerprint density at radius 1 is 1.08 bits per heavy atom. The molecule has 0 spiro atoms. The summed E-state index contributed by atoms with van der Waals surface area (Å²) in [6, 6.07) is 13.7. The maximum atomic E-state index is 12.7. The first-order chi connectivity index (χ1) is 12.4. The highest BCUT2D eigenvalue weighted by Gasteiger charge is 2.56. The summed E-state index contributed by atoms with van der Waals surface area (Å²) in [6.07, 6.45) is 1.88. The number of amides is 2. The number of benzene rings is 2. The second-order valence-corrected chi connectivity index (χ2v) is 7.37. The van der Waals surface area contributed by atoms with Gasteiger partial charge in [-0.15, -0.1) is 0 Å². The Labute approximate surface area is 158 Å². The van der Waals surface area contributed by atoms with Gasteiger partial charge in [0.2, 0.25) is 11.8 Å². The van der Waals surface area contributed by atoms with Crippen molar-refractivity contribution in [1.29, 1.82) is 0 Å². The fourth-order valence-corrected chi connectivity index (χ4v) is 3.49. The molecule has 1 saturated carbocycles. The lowest BCUT2D eigenvalue weighted by atomic mass is 10.0. The molecule has 136 valence electrons. The van der Waals surface area contributed by atoms with Crippen molar-refractivity contribution >= 4 is 29.1 Å². The summed E-state index contributed by atoms with van der Waals surface area (Å²) in [5.41, 5.74) is 2.71. The Balaban J connectivity index is 1.61. The SMILES string of the molecule is Cc1cc(C)c(NC(=O)C2(C(=O)NCCc3ccccc3)CC2)c(Cl)c1. The highest BCUT2D eigenvalue weighted by molar-refractivity contribution is 6.34. The first kappa shape index (κ1) is 18.5. The fraction of sp³-hybridized carbons (Fsp3) is 0.333. The quantitative estimate of drug-likeness (QED) is 0.754. The number of carbonyl (C=O) groups excluding carboxylic acids is 2. The van der Waals surface area contributed by atoms with Crippen LogP contribution in [0.5, 0.6) is 0 Å². The fourth-order valence-electron chi connectivity index (χ4n) is 3.12. The molecule has 0 bridgehead atoms. The molecule has 3 rings (SSSR count). The Morgan fingerprint density at radius 3 is 2.38 bits per heavy atom. The molecule has 0 unspecified atom stereocenters. The molecular weight excluding hydrogens is 348 g/mol. The predicted octanol–water partition coefficient (Wildman–Crippen LogP) is 4.03. The summed E-state index contributed by atoms with van der Waals surface area (Å²) in [5, 5.41) is 6.27. The molecule has 5 heteroatoms. The number of hydrogen-bond acceptors (Lipinski definition) is 2. The normalized spacial score (nSPS) is 14.6. The summed E-state index contributed by atoms with van der Waals surface area (Å²) in [7, 11) is 0. The third-order valence-corrected chi connectivity index (χ3v) is 5.13. The van der Waals surface area contributed by atoms with Crippen LogP contribution in [0.4, 0.5) is 5.69 Å². The largest absolute Gasteiger partial charge is 0.355 e. The molecule has 26 heavy (non-hydrogen) atoms. The summed E-state index contributed by atoms with van der Waals surface area (Å²) < 4.78 is 0. The van der Waals surface area contributed by atoms with E-state index in [9.17, 15) is 9.59 Å². The van der Waals surface area contributed by atoms with E-state index in [0.717, 1.165) is 23.1 Å². The number of nitrogens with one attached hydrogen (secondary N) is 2. The first-order valence-corrected chi connectivity index (χ1v) is 9.20. The van der Waals surface area contributed by atoms with Gasteiger partial charge in [0.1, 0.15) is 5.41 Å². The van der Waals surface area contributed by atoms with Gasteiger partial charge in [0.15, 0.2) is 0 Å². The zero-order valence-corrected chi connectivity index (χ0v) is 15.8. The van der Waals surface area contributed by atoms with Crippen molar-refractivity contribution in [3.63, 3.8) is 0 Å². The van der Waals surface area contributed by atoms with Gasteiger partial charge in [-0.05, 0) is 55.9 Å². The molecule has 1 fully saturated rings. The third kappa shape index (κ3) is 3.91. The lowest BCUT2D eigenvalue weighted by Gasteiger charge is -2.17. The molecule has 0 saturated heterocycles. The zero-order valence-electron chi connectivity index (χ0n) is 15.1. The van der Waals surface area contributed by atoms with Gasteiger partial charge in [-0.1, -0.05) is 48.0 Å². The highest BCUT2D eigenvalue weighted by atomic mass is 35.5. The van der Waals surface area contributed by atoms with Gasteiger partial charge in [-0.3, -0.25) is 9.59 Å². The van der Waals surface area contributed by atoms with E-state index in [1.807, 2.05) is 56.3 Å². The van der Waals surface area contributed by atoms with E-state index in [2.05, 4.69) is 10.6 Å². The van der Waals surface area contributed by atoms with Crippen molar-refractivity contribution < 1.29 is 9.59 Å². The number of hydrogen-bond donors (Lipinski definition) is 2. The molecule has 1 aliphatic rings. The second kappa shape index (κ2) is 7.50. The number of aryl methyl sites for hydroxylation is 2. The summed E-state index contributed by atoms with van der Waals surface area (Å²) in [4.78, 5) is 25.3. The van der Waals surface area contributed by atoms with Crippen LogP contribution >= 0.6 is 11.6 Å². The molecule has 0 aliphatic heterocycles. The minimum absolute atomic E-state index is 0.202. The van der Waals surface area contributed by atoms with Crippen LogP contribution in [-0.4, -0.2) is 18.4 Å². The van der Waals surface area contributed by atoms with Gasteiger partial charge in [0.25, 0.3) is 0 Å². The van der Waals surface area contributed by atoms with Crippen LogP contribution in [-0.2, 0) is 16.0 Å². The van der Waals surface area contributed by atoms with Gasteiger partial charge in [0.05, 0.1) is 10.7 Å². The molecule has 0 aromatic heterocycles. The second-order valence-electron chi connectivity index (χ2n) is 6.97. The number of rotatable bonds is 6. The predicted molar refractivity (Wildman–Crippen MR) is 104 cm³/mol. The maximum absolute atomic E-state index is 12.7. The Hall–Kier alpha value is -2.33.